The van der Waals surface area contributed by atoms with Gasteiger partial charge in [-0.25, -0.2) is 4.98 Å². The predicted molar refractivity (Wildman–Crippen MR) is 119 cm³/mol. The first-order valence-corrected chi connectivity index (χ1v) is 11.2. The summed E-state index contributed by atoms with van der Waals surface area (Å²) in [5.74, 6) is -0.164. The van der Waals surface area contributed by atoms with Gasteiger partial charge in [0.25, 0.3) is 0 Å². The van der Waals surface area contributed by atoms with Crippen molar-refractivity contribution in [1.29, 1.82) is 0 Å². The monoisotopic (exact) mass is 460 g/mol. The molecule has 9 heteroatoms. The second-order valence-corrected chi connectivity index (χ2v) is 8.91. The third-order valence-electron chi connectivity index (χ3n) is 6.79. The van der Waals surface area contributed by atoms with Gasteiger partial charge in [0, 0.05) is 13.1 Å². The van der Waals surface area contributed by atoms with Crippen molar-refractivity contribution in [3.63, 3.8) is 0 Å². The molecule has 2 aromatic rings. The van der Waals surface area contributed by atoms with Crippen LogP contribution in [0.2, 0.25) is 0 Å². The zero-order valence-electron chi connectivity index (χ0n) is 18.2. The lowest BCUT2D eigenvalue weighted by atomic mass is 9.77. The summed E-state index contributed by atoms with van der Waals surface area (Å²) in [6, 6.07) is 8.58. The Kier molecular flexibility index (Phi) is 6.32. The summed E-state index contributed by atoms with van der Waals surface area (Å²) in [5.41, 5.74) is 4.56. The van der Waals surface area contributed by atoms with Gasteiger partial charge in [-0.2, -0.15) is 13.2 Å². The highest BCUT2D eigenvalue weighted by Crippen LogP contribution is 2.43. The second kappa shape index (κ2) is 9.03. The number of anilines is 2. The SMILES string of the molecule is NC(=O)C1CCCN(c2ccc(NC(=O)C3(c4cccc(C(F)(F)F)c4)CCCC3)cn2)C1. The molecule has 0 radical (unpaired) electrons. The molecule has 1 aromatic heterocycles. The van der Waals surface area contributed by atoms with Crippen molar-refractivity contribution in [1.82, 2.24) is 4.98 Å². The average Bonchev–Trinajstić information content (AvgIpc) is 3.31. The normalized spacial score (nSPS) is 20.5. The first-order chi connectivity index (χ1) is 15.7. The lowest BCUT2D eigenvalue weighted by Gasteiger charge is -2.32. The van der Waals surface area contributed by atoms with Gasteiger partial charge in [0.1, 0.15) is 5.82 Å². The van der Waals surface area contributed by atoms with E-state index in [0.717, 1.165) is 44.4 Å². The number of nitrogens with zero attached hydrogens (tertiary/aromatic N) is 2. The number of amides is 2. The van der Waals surface area contributed by atoms with E-state index in [9.17, 15) is 22.8 Å². The van der Waals surface area contributed by atoms with Gasteiger partial charge in [-0.15, -0.1) is 0 Å². The molecule has 1 aliphatic heterocycles. The number of carbonyl (C=O) groups excluding carboxylic acids is 2. The summed E-state index contributed by atoms with van der Waals surface area (Å²) in [4.78, 5) is 31.3. The fraction of sp³-hybridized carbons (Fsp3) is 0.458. The van der Waals surface area contributed by atoms with E-state index >= 15 is 0 Å². The Morgan fingerprint density at radius 2 is 1.88 bits per heavy atom. The Morgan fingerprint density at radius 1 is 1.12 bits per heavy atom. The summed E-state index contributed by atoms with van der Waals surface area (Å²) in [7, 11) is 0. The van der Waals surface area contributed by atoms with Crippen molar-refractivity contribution in [2.24, 2.45) is 11.7 Å². The molecule has 3 N–H and O–H groups in total. The average molecular weight is 461 g/mol. The van der Waals surface area contributed by atoms with E-state index in [4.69, 9.17) is 5.73 Å². The largest absolute Gasteiger partial charge is 0.416 e. The molecule has 0 bridgehead atoms. The van der Waals surface area contributed by atoms with E-state index < -0.39 is 17.2 Å². The van der Waals surface area contributed by atoms with Gasteiger partial charge in [0.05, 0.1) is 28.8 Å². The van der Waals surface area contributed by atoms with Crippen LogP contribution in [0.3, 0.4) is 0 Å². The summed E-state index contributed by atoms with van der Waals surface area (Å²) in [5, 5.41) is 2.86. The number of piperidine rings is 1. The second-order valence-electron chi connectivity index (χ2n) is 8.91. The number of carbonyl (C=O) groups is 2. The Morgan fingerprint density at radius 3 is 2.52 bits per heavy atom. The lowest BCUT2D eigenvalue weighted by molar-refractivity contribution is -0.137. The summed E-state index contributed by atoms with van der Waals surface area (Å²) in [6.45, 7) is 1.27. The number of nitrogens with one attached hydrogen (secondary N) is 1. The van der Waals surface area contributed by atoms with Crippen LogP contribution in [0.25, 0.3) is 0 Å². The zero-order chi connectivity index (χ0) is 23.6. The van der Waals surface area contributed by atoms with Crippen molar-refractivity contribution >= 4 is 23.3 Å². The van der Waals surface area contributed by atoms with Crippen molar-refractivity contribution in [2.45, 2.75) is 50.1 Å². The van der Waals surface area contributed by atoms with Gasteiger partial charge in [0.15, 0.2) is 0 Å². The Balaban J connectivity index is 1.51. The third-order valence-corrected chi connectivity index (χ3v) is 6.79. The first-order valence-electron chi connectivity index (χ1n) is 11.2. The number of alkyl halides is 3. The van der Waals surface area contributed by atoms with Crippen LogP contribution in [0, 0.1) is 5.92 Å². The van der Waals surface area contributed by atoms with E-state index in [0.29, 0.717) is 36.5 Å². The number of halogens is 3. The molecule has 1 atom stereocenters. The van der Waals surface area contributed by atoms with Crippen LogP contribution >= 0.6 is 0 Å². The highest BCUT2D eigenvalue weighted by atomic mass is 19.4. The minimum Gasteiger partial charge on any atom is -0.369 e. The number of hydrogen-bond donors (Lipinski definition) is 2. The fourth-order valence-electron chi connectivity index (χ4n) is 4.93. The Hall–Kier alpha value is -3.10. The van der Waals surface area contributed by atoms with E-state index in [1.165, 1.54) is 12.3 Å². The Labute approximate surface area is 190 Å². The summed E-state index contributed by atoms with van der Waals surface area (Å²) in [6.07, 6.45) is 1.21. The molecule has 6 nitrogen and oxygen atoms in total. The number of nitrogens with two attached hydrogens (primary N) is 1. The predicted octanol–water partition coefficient (Wildman–Crippen LogP) is 4.25. The first kappa shape index (κ1) is 23.1. The van der Waals surface area contributed by atoms with Gasteiger partial charge < -0.3 is 16.0 Å². The number of pyridine rings is 1. The maximum atomic E-state index is 13.3. The van der Waals surface area contributed by atoms with Gasteiger partial charge >= 0.3 is 6.18 Å². The minimum atomic E-state index is -4.46. The van der Waals surface area contributed by atoms with Gasteiger partial charge in [-0.3, -0.25) is 9.59 Å². The van der Waals surface area contributed by atoms with Crippen molar-refractivity contribution in [3.8, 4) is 0 Å². The highest BCUT2D eigenvalue weighted by molar-refractivity contribution is 5.99. The molecule has 2 heterocycles. The van der Waals surface area contributed by atoms with Crippen molar-refractivity contribution < 1.29 is 22.8 Å². The van der Waals surface area contributed by atoms with Gasteiger partial charge in [0.2, 0.25) is 11.8 Å². The molecule has 2 aliphatic rings. The van der Waals surface area contributed by atoms with E-state index in [1.54, 1.807) is 18.2 Å². The quantitative estimate of drug-likeness (QED) is 0.698. The van der Waals surface area contributed by atoms with Crippen molar-refractivity contribution in [3.05, 3.63) is 53.7 Å². The van der Waals surface area contributed by atoms with Gasteiger partial charge in [-0.05, 0) is 49.4 Å². The maximum absolute atomic E-state index is 13.3. The zero-order valence-corrected chi connectivity index (χ0v) is 18.2. The molecular weight excluding hydrogens is 433 g/mol. The maximum Gasteiger partial charge on any atom is 0.416 e. The molecule has 2 amide bonds. The summed E-state index contributed by atoms with van der Waals surface area (Å²) >= 11 is 0. The molecular formula is C24H27F3N4O2. The number of hydrogen-bond acceptors (Lipinski definition) is 4. The lowest BCUT2D eigenvalue weighted by Crippen LogP contribution is -2.41. The van der Waals surface area contributed by atoms with E-state index in [1.807, 2.05) is 4.90 Å². The van der Waals surface area contributed by atoms with Crippen LogP contribution < -0.4 is 16.0 Å². The van der Waals surface area contributed by atoms with Crippen LogP contribution in [0.1, 0.15) is 49.7 Å². The number of rotatable bonds is 5. The number of benzene rings is 1. The van der Waals surface area contributed by atoms with Crippen LogP contribution in [-0.4, -0.2) is 29.9 Å². The number of aromatic nitrogens is 1. The van der Waals surface area contributed by atoms with Gasteiger partial charge in [-0.1, -0.05) is 31.0 Å². The third kappa shape index (κ3) is 4.82. The fourth-order valence-corrected chi connectivity index (χ4v) is 4.93. The molecule has 1 aliphatic carbocycles. The standard InChI is InChI=1S/C24H27F3N4O2/c25-24(26,27)18-7-3-6-17(13-18)23(10-1-2-11-23)22(33)30-19-8-9-20(29-14-19)31-12-4-5-16(15-31)21(28)32/h3,6-9,13-14,16H,1-2,4-5,10-12,15H2,(H2,28,32)(H,30,33). The minimum absolute atomic E-state index is 0.213. The Bertz CT molecular complexity index is 1020. The molecule has 176 valence electrons. The van der Waals surface area contributed by atoms with Crippen LogP contribution in [0.5, 0.6) is 0 Å². The topological polar surface area (TPSA) is 88.3 Å². The molecule has 1 unspecified atom stereocenters. The molecule has 1 saturated carbocycles. The smallest absolute Gasteiger partial charge is 0.369 e. The molecule has 1 saturated heterocycles. The van der Waals surface area contributed by atoms with Crippen LogP contribution in [0.15, 0.2) is 42.6 Å². The molecule has 0 spiro atoms. The van der Waals surface area contributed by atoms with Crippen molar-refractivity contribution in [2.75, 3.05) is 23.3 Å². The molecule has 1 aromatic carbocycles. The molecule has 4 rings (SSSR count). The molecule has 2 fully saturated rings. The van der Waals surface area contributed by atoms with E-state index in [-0.39, 0.29) is 17.7 Å². The summed E-state index contributed by atoms with van der Waals surface area (Å²) < 4.78 is 39.7. The molecule has 33 heavy (non-hydrogen) atoms. The van der Waals surface area contributed by atoms with Crippen LogP contribution in [0.4, 0.5) is 24.7 Å². The van der Waals surface area contributed by atoms with E-state index in [2.05, 4.69) is 10.3 Å². The highest BCUT2D eigenvalue weighted by Gasteiger charge is 2.44. The number of primary amides is 1. The van der Waals surface area contributed by atoms with Crippen LogP contribution in [-0.2, 0) is 21.2 Å².